The van der Waals surface area contributed by atoms with E-state index in [4.69, 9.17) is 4.74 Å². The number of unbranched alkanes of at least 4 members (excludes halogenated alkanes) is 1. The molecule has 0 unspecified atom stereocenters. The standard InChI is InChI=1S/C18H22N4O3S/c1-4-5-10-22-16-15(17(23)20-18(22)24)21(2)14(19-16)11-26-13-8-6-12(25-3)7-9-13/h6-9H,4-5,10-11H2,1-3H3,(H,20,23,24). The van der Waals surface area contributed by atoms with Crippen molar-refractivity contribution in [3.8, 4) is 5.75 Å². The van der Waals surface area contributed by atoms with E-state index >= 15 is 0 Å². The van der Waals surface area contributed by atoms with Crippen LogP contribution in [0.25, 0.3) is 11.2 Å². The van der Waals surface area contributed by atoms with Crippen molar-refractivity contribution in [2.75, 3.05) is 7.11 Å². The molecule has 3 rings (SSSR count). The topological polar surface area (TPSA) is 81.9 Å². The van der Waals surface area contributed by atoms with Crippen LogP contribution in [-0.2, 0) is 19.3 Å². The second-order valence-corrected chi connectivity index (χ2v) is 7.04. The van der Waals surface area contributed by atoms with Crippen molar-refractivity contribution in [3.05, 3.63) is 50.9 Å². The molecule has 0 spiro atoms. The molecular formula is C18H22N4O3S. The molecule has 26 heavy (non-hydrogen) atoms. The van der Waals surface area contributed by atoms with Crippen LogP contribution in [0.2, 0.25) is 0 Å². The van der Waals surface area contributed by atoms with Gasteiger partial charge in [-0.15, -0.1) is 11.8 Å². The number of benzene rings is 1. The zero-order valence-electron chi connectivity index (χ0n) is 15.1. The molecule has 0 aliphatic heterocycles. The zero-order chi connectivity index (χ0) is 18.7. The Balaban J connectivity index is 1.93. The summed E-state index contributed by atoms with van der Waals surface area (Å²) in [6.07, 6.45) is 1.81. The lowest BCUT2D eigenvalue weighted by molar-refractivity contribution is 0.414. The van der Waals surface area contributed by atoms with Crippen LogP contribution in [0.1, 0.15) is 25.6 Å². The SMILES string of the molecule is CCCCn1c(=O)[nH]c(=O)c2c1nc(CSc1ccc(OC)cc1)n2C. The fraction of sp³-hybridized carbons (Fsp3) is 0.389. The third kappa shape index (κ3) is 3.55. The van der Waals surface area contributed by atoms with E-state index in [1.807, 2.05) is 31.3 Å². The van der Waals surface area contributed by atoms with Crippen molar-refractivity contribution >= 4 is 22.9 Å². The Labute approximate surface area is 155 Å². The zero-order valence-corrected chi connectivity index (χ0v) is 15.9. The summed E-state index contributed by atoms with van der Waals surface area (Å²) < 4.78 is 8.49. The van der Waals surface area contributed by atoms with Crippen LogP contribution in [0.15, 0.2) is 38.8 Å². The number of hydrogen-bond donors (Lipinski definition) is 1. The number of hydrogen-bond acceptors (Lipinski definition) is 5. The molecule has 0 aliphatic rings. The lowest BCUT2D eigenvalue weighted by Crippen LogP contribution is -2.31. The van der Waals surface area contributed by atoms with Gasteiger partial charge in [0.15, 0.2) is 11.2 Å². The van der Waals surface area contributed by atoms with E-state index < -0.39 is 11.2 Å². The van der Waals surface area contributed by atoms with Crippen LogP contribution in [0, 0.1) is 0 Å². The van der Waals surface area contributed by atoms with Crippen molar-refractivity contribution in [1.82, 2.24) is 19.1 Å². The van der Waals surface area contributed by atoms with Gasteiger partial charge in [0.25, 0.3) is 5.56 Å². The maximum Gasteiger partial charge on any atom is 0.330 e. The minimum absolute atomic E-state index is 0.395. The predicted molar refractivity (Wildman–Crippen MR) is 103 cm³/mol. The van der Waals surface area contributed by atoms with Gasteiger partial charge in [-0.1, -0.05) is 13.3 Å². The molecule has 138 valence electrons. The number of aryl methyl sites for hydroxylation is 2. The summed E-state index contributed by atoms with van der Waals surface area (Å²) in [5.41, 5.74) is 0.0999. The van der Waals surface area contributed by atoms with Crippen molar-refractivity contribution in [2.24, 2.45) is 7.05 Å². The van der Waals surface area contributed by atoms with Crippen LogP contribution >= 0.6 is 11.8 Å². The number of fused-ring (bicyclic) bond motifs is 1. The lowest BCUT2D eigenvalue weighted by atomic mass is 10.3. The molecule has 2 aromatic heterocycles. The quantitative estimate of drug-likeness (QED) is 0.643. The van der Waals surface area contributed by atoms with E-state index in [2.05, 4.69) is 16.9 Å². The molecule has 0 saturated heterocycles. The molecule has 3 aromatic rings. The Morgan fingerprint density at radius 1 is 1.23 bits per heavy atom. The molecule has 0 radical (unpaired) electrons. The van der Waals surface area contributed by atoms with E-state index in [-0.39, 0.29) is 0 Å². The molecule has 0 bridgehead atoms. The van der Waals surface area contributed by atoms with Crippen molar-refractivity contribution < 1.29 is 4.74 Å². The molecule has 0 amide bonds. The number of nitrogens with zero attached hydrogens (tertiary/aromatic N) is 3. The normalized spacial score (nSPS) is 11.2. The van der Waals surface area contributed by atoms with Gasteiger partial charge in [-0.3, -0.25) is 14.3 Å². The fourth-order valence-corrected chi connectivity index (χ4v) is 3.65. The third-order valence-electron chi connectivity index (χ3n) is 4.27. The summed E-state index contributed by atoms with van der Waals surface area (Å²) in [5, 5.41) is 0. The van der Waals surface area contributed by atoms with Gasteiger partial charge >= 0.3 is 5.69 Å². The van der Waals surface area contributed by atoms with Gasteiger partial charge in [0, 0.05) is 18.5 Å². The molecule has 0 atom stereocenters. The molecule has 8 heteroatoms. The van der Waals surface area contributed by atoms with E-state index in [1.165, 1.54) is 0 Å². The number of imidazole rings is 1. The third-order valence-corrected chi connectivity index (χ3v) is 5.28. The van der Waals surface area contributed by atoms with Gasteiger partial charge in [0.2, 0.25) is 0 Å². The highest BCUT2D eigenvalue weighted by atomic mass is 32.2. The van der Waals surface area contributed by atoms with Crippen LogP contribution in [0.3, 0.4) is 0 Å². The van der Waals surface area contributed by atoms with Gasteiger partial charge in [-0.05, 0) is 30.7 Å². The first-order valence-electron chi connectivity index (χ1n) is 8.50. The maximum absolute atomic E-state index is 12.3. The molecule has 1 aromatic carbocycles. The monoisotopic (exact) mass is 374 g/mol. The van der Waals surface area contributed by atoms with E-state index in [0.29, 0.717) is 23.5 Å². The Hall–Kier alpha value is -2.48. The Bertz CT molecular complexity index is 1020. The number of aromatic nitrogens is 4. The van der Waals surface area contributed by atoms with Gasteiger partial charge in [0.1, 0.15) is 11.6 Å². The second kappa shape index (κ2) is 7.82. The molecule has 7 nitrogen and oxygen atoms in total. The van der Waals surface area contributed by atoms with E-state index in [9.17, 15) is 9.59 Å². The molecule has 2 heterocycles. The average Bonchev–Trinajstić information content (AvgIpc) is 2.97. The van der Waals surface area contributed by atoms with Gasteiger partial charge in [-0.25, -0.2) is 9.78 Å². The molecule has 0 saturated carbocycles. The number of thioether (sulfide) groups is 1. The molecular weight excluding hydrogens is 352 g/mol. The fourth-order valence-electron chi connectivity index (χ4n) is 2.76. The van der Waals surface area contributed by atoms with Crippen LogP contribution in [0.4, 0.5) is 0 Å². The van der Waals surface area contributed by atoms with Gasteiger partial charge in [0.05, 0.1) is 12.9 Å². The number of aromatic amines is 1. The highest BCUT2D eigenvalue weighted by Gasteiger charge is 2.16. The van der Waals surface area contributed by atoms with Crippen molar-refractivity contribution in [3.63, 3.8) is 0 Å². The summed E-state index contributed by atoms with van der Waals surface area (Å²) in [4.78, 5) is 32.5. The van der Waals surface area contributed by atoms with Gasteiger partial charge in [-0.2, -0.15) is 0 Å². The number of methoxy groups -OCH3 is 1. The average molecular weight is 374 g/mol. The smallest absolute Gasteiger partial charge is 0.330 e. The van der Waals surface area contributed by atoms with E-state index in [1.54, 1.807) is 28.0 Å². The van der Waals surface area contributed by atoms with Crippen LogP contribution in [-0.4, -0.2) is 26.2 Å². The molecule has 1 N–H and O–H groups in total. The minimum Gasteiger partial charge on any atom is -0.497 e. The second-order valence-electron chi connectivity index (χ2n) is 5.99. The Morgan fingerprint density at radius 2 is 1.96 bits per heavy atom. The predicted octanol–water partition coefficient (Wildman–Crippen LogP) is 2.52. The summed E-state index contributed by atoms with van der Waals surface area (Å²) in [6.45, 7) is 2.61. The van der Waals surface area contributed by atoms with Crippen LogP contribution < -0.4 is 16.0 Å². The number of rotatable bonds is 7. The summed E-state index contributed by atoms with van der Waals surface area (Å²) in [5.74, 6) is 2.16. The van der Waals surface area contributed by atoms with Gasteiger partial charge < -0.3 is 9.30 Å². The molecule has 0 fully saturated rings. The minimum atomic E-state index is -0.400. The summed E-state index contributed by atoms with van der Waals surface area (Å²) in [7, 11) is 3.44. The lowest BCUT2D eigenvalue weighted by Gasteiger charge is -2.04. The van der Waals surface area contributed by atoms with Crippen molar-refractivity contribution in [2.45, 2.75) is 37.0 Å². The number of H-pyrrole nitrogens is 1. The van der Waals surface area contributed by atoms with Crippen LogP contribution in [0.5, 0.6) is 5.75 Å². The molecule has 0 aliphatic carbocycles. The highest BCUT2D eigenvalue weighted by Crippen LogP contribution is 2.25. The summed E-state index contributed by atoms with van der Waals surface area (Å²) in [6, 6.07) is 7.78. The number of nitrogens with one attached hydrogen (secondary N) is 1. The highest BCUT2D eigenvalue weighted by molar-refractivity contribution is 7.98. The Kier molecular flexibility index (Phi) is 5.51. The largest absolute Gasteiger partial charge is 0.497 e. The first-order valence-corrected chi connectivity index (χ1v) is 9.49. The maximum atomic E-state index is 12.3. The Morgan fingerprint density at radius 3 is 2.62 bits per heavy atom. The van der Waals surface area contributed by atoms with Crippen molar-refractivity contribution in [1.29, 1.82) is 0 Å². The first kappa shape index (κ1) is 18.3. The summed E-state index contributed by atoms with van der Waals surface area (Å²) >= 11 is 1.62. The number of ether oxygens (including phenoxy) is 1. The van der Waals surface area contributed by atoms with E-state index in [0.717, 1.165) is 29.3 Å². The first-order chi connectivity index (χ1) is 12.5.